The van der Waals surface area contributed by atoms with Crippen molar-refractivity contribution in [1.82, 2.24) is 9.78 Å². The Labute approximate surface area is 129 Å². The molecule has 21 heavy (non-hydrogen) atoms. The van der Waals surface area contributed by atoms with E-state index in [2.05, 4.69) is 37.7 Å². The standard InChI is InChI=1S/C17H31N3O/c1-4-16(5-2)20-8-7-15(19-20)12-14(18)9-13-10-17(11-13)21-6-3/h7-8,13-14,16-17H,4-6,9-12,18H2,1-3H3. The fourth-order valence-corrected chi connectivity index (χ4v) is 3.37. The van der Waals surface area contributed by atoms with Crippen LogP contribution in [-0.4, -0.2) is 28.5 Å². The molecule has 0 radical (unpaired) electrons. The zero-order valence-corrected chi connectivity index (χ0v) is 13.8. The van der Waals surface area contributed by atoms with Gasteiger partial charge in [0, 0.05) is 25.3 Å². The number of hydrogen-bond donors (Lipinski definition) is 1. The Bertz CT molecular complexity index is 408. The van der Waals surface area contributed by atoms with Gasteiger partial charge in [0.15, 0.2) is 0 Å². The van der Waals surface area contributed by atoms with E-state index in [1.165, 1.54) is 12.8 Å². The Balaban J connectivity index is 1.74. The van der Waals surface area contributed by atoms with Crippen molar-refractivity contribution in [3.8, 4) is 0 Å². The van der Waals surface area contributed by atoms with Crippen molar-refractivity contribution in [3.05, 3.63) is 18.0 Å². The first kappa shape index (κ1) is 16.5. The van der Waals surface area contributed by atoms with Gasteiger partial charge in [0.2, 0.25) is 0 Å². The van der Waals surface area contributed by atoms with Crippen molar-refractivity contribution >= 4 is 0 Å². The molecule has 0 aliphatic heterocycles. The number of ether oxygens (including phenoxy) is 1. The number of hydrogen-bond acceptors (Lipinski definition) is 3. The van der Waals surface area contributed by atoms with Gasteiger partial charge in [-0.15, -0.1) is 0 Å². The molecule has 1 fully saturated rings. The summed E-state index contributed by atoms with van der Waals surface area (Å²) in [6.07, 6.45) is 9.21. The van der Waals surface area contributed by atoms with Gasteiger partial charge in [-0.3, -0.25) is 4.68 Å². The van der Waals surface area contributed by atoms with Gasteiger partial charge < -0.3 is 10.5 Å². The van der Waals surface area contributed by atoms with Crippen molar-refractivity contribution in [2.75, 3.05) is 6.61 Å². The molecule has 1 atom stereocenters. The van der Waals surface area contributed by atoms with Gasteiger partial charge in [0.1, 0.15) is 0 Å². The first-order valence-electron chi connectivity index (χ1n) is 8.57. The summed E-state index contributed by atoms with van der Waals surface area (Å²) in [5, 5.41) is 4.70. The second-order valence-electron chi connectivity index (χ2n) is 6.37. The monoisotopic (exact) mass is 293 g/mol. The summed E-state index contributed by atoms with van der Waals surface area (Å²) in [5.74, 6) is 0.748. The quantitative estimate of drug-likeness (QED) is 0.760. The minimum Gasteiger partial charge on any atom is -0.378 e. The van der Waals surface area contributed by atoms with Crippen LogP contribution in [0.3, 0.4) is 0 Å². The van der Waals surface area contributed by atoms with Gasteiger partial charge in [0.05, 0.1) is 17.8 Å². The van der Waals surface area contributed by atoms with Gasteiger partial charge in [-0.05, 0) is 51.0 Å². The minimum absolute atomic E-state index is 0.225. The zero-order valence-electron chi connectivity index (χ0n) is 13.8. The highest BCUT2D eigenvalue weighted by Gasteiger charge is 2.30. The number of nitrogens with two attached hydrogens (primary N) is 1. The highest BCUT2D eigenvalue weighted by atomic mass is 16.5. The van der Waals surface area contributed by atoms with Gasteiger partial charge in [-0.25, -0.2) is 0 Å². The van der Waals surface area contributed by atoms with Crippen molar-refractivity contribution in [1.29, 1.82) is 0 Å². The average Bonchev–Trinajstić information content (AvgIpc) is 2.86. The van der Waals surface area contributed by atoms with Gasteiger partial charge >= 0.3 is 0 Å². The Morgan fingerprint density at radius 3 is 2.67 bits per heavy atom. The van der Waals surface area contributed by atoms with Gasteiger partial charge in [-0.1, -0.05) is 13.8 Å². The summed E-state index contributed by atoms with van der Waals surface area (Å²) >= 11 is 0. The lowest BCUT2D eigenvalue weighted by Gasteiger charge is -2.36. The van der Waals surface area contributed by atoms with Crippen molar-refractivity contribution < 1.29 is 4.74 Å². The Morgan fingerprint density at radius 2 is 2.05 bits per heavy atom. The van der Waals surface area contributed by atoms with Crippen LogP contribution in [0, 0.1) is 5.92 Å². The van der Waals surface area contributed by atoms with E-state index < -0.39 is 0 Å². The maximum Gasteiger partial charge on any atom is 0.0640 e. The molecule has 1 heterocycles. The average molecular weight is 293 g/mol. The molecule has 1 aromatic heterocycles. The second kappa shape index (κ2) is 7.95. The lowest BCUT2D eigenvalue weighted by atomic mass is 9.78. The zero-order chi connectivity index (χ0) is 15.2. The van der Waals surface area contributed by atoms with E-state index in [1.807, 2.05) is 0 Å². The lowest BCUT2D eigenvalue weighted by molar-refractivity contribution is -0.0281. The predicted octanol–water partition coefficient (Wildman–Crippen LogP) is 3.32. The van der Waals surface area contributed by atoms with E-state index in [1.54, 1.807) is 0 Å². The molecule has 2 rings (SSSR count). The highest BCUT2D eigenvalue weighted by Crippen LogP contribution is 2.33. The van der Waals surface area contributed by atoms with E-state index in [0.717, 1.165) is 43.9 Å². The summed E-state index contributed by atoms with van der Waals surface area (Å²) < 4.78 is 7.71. The van der Waals surface area contributed by atoms with Crippen LogP contribution >= 0.6 is 0 Å². The van der Waals surface area contributed by atoms with Crippen molar-refractivity contribution in [3.63, 3.8) is 0 Å². The molecule has 1 aliphatic carbocycles. The molecule has 0 saturated heterocycles. The summed E-state index contributed by atoms with van der Waals surface area (Å²) in [5.41, 5.74) is 7.43. The molecule has 1 saturated carbocycles. The smallest absolute Gasteiger partial charge is 0.0640 e. The van der Waals surface area contributed by atoms with Crippen LogP contribution in [0.5, 0.6) is 0 Å². The van der Waals surface area contributed by atoms with Gasteiger partial charge in [-0.2, -0.15) is 5.10 Å². The van der Waals surface area contributed by atoms with E-state index in [0.29, 0.717) is 12.1 Å². The van der Waals surface area contributed by atoms with Crippen LogP contribution in [-0.2, 0) is 11.2 Å². The minimum atomic E-state index is 0.225. The fraction of sp³-hybridized carbons (Fsp3) is 0.824. The van der Waals surface area contributed by atoms with Crippen LogP contribution in [0.4, 0.5) is 0 Å². The van der Waals surface area contributed by atoms with Crippen LogP contribution in [0.25, 0.3) is 0 Å². The summed E-state index contributed by atoms with van der Waals surface area (Å²) in [7, 11) is 0. The van der Waals surface area contributed by atoms with E-state index >= 15 is 0 Å². The third-order valence-electron chi connectivity index (χ3n) is 4.68. The number of nitrogens with zero attached hydrogens (tertiary/aromatic N) is 2. The molecular weight excluding hydrogens is 262 g/mol. The molecule has 1 aromatic rings. The van der Waals surface area contributed by atoms with Gasteiger partial charge in [0.25, 0.3) is 0 Å². The maximum absolute atomic E-state index is 6.30. The molecule has 4 heteroatoms. The van der Waals surface area contributed by atoms with Crippen LogP contribution in [0.15, 0.2) is 12.3 Å². The first-order chi connectivity index (χ1) is 10.2. The summed E-state index contributed by atoms with van der Waals surface area (Å²) in [4.78, 5) is 0. The SMILES string of the molecule is CCOC1CC(CC(N)Cc2ccn(C(CC)CC)n2)C1. The van der Waals surface area contributed by atoms with Crippen molar-refractivity contribution in [2.24, 2.45) is 11.7 Å². The van der Waals surface area contributed by atoms with E-state index in [-0.39, 0.29) is 6.04 Å². The summed E-state index contributed by atoms with van der Waals surface area (Å²) in [6.45, 7) is 7.32. The Kier molecular flexibility index (Phi) is 6.24. The van der Waals surface area contributed by atoms with Crippen LogP contribution in [0.1, 0.15) is 64.6 Å². The largest absolute Gasteiger partial charge is 0.378 e. The molecule has 120 valence electrons. The lowest BCUT2D eigenvalue weighted by Crippen LogP contribution is -2.36. The Morgan fingerprint density at radius 1 is 1.33 bits per heavy atom. The summed E-state index contributed by atoms with van der Waals surface area (Å²) in [6, 6.07) is 2.87. The molecule has 2 N–H and O–H groups in total. The molecular formula is C17H31N3O. The molecule has 4 nitrogen and oxygen atoms in total. The highest BCUT2D eigenvalue weighted by molar-refractivity contribution is 5.02. The third-order valence-corrected chi connectivity index (χ3v) is 4.68. The number of aromatic nitrogens is 2. The maximum atomic E-state index is 6.30. The normalized spacial score (nSPS) is 23.3. The molecule has 0 aromatic carbocycles. The van der Waals surface area contributed by atoms with Crippen LogP contribution in [0.2, 0.25) is 0 Å². The van der Waals surface area contributed by atoms with Crippen LogP contribution < -0.4 is 5.73 Å². The van der Waals surface area contributed by atoms with E-state index in [4.69, 9.17) is 15.6 Å². The first-order valence-corrected chi connectivity index (χ1v) is 8.57. The topological polar surface area (TPSA) is 53.1 Å². The van der Waals surface area contributed by atoms with E-state index in [9.17, 15) is 0 Å². The second-order valence-corrected chi connectivity index (χ2v) is 6.37. The molecule has 0 amide bonds. The predicted molar refractivity (Wildman–Crippen MR) is 86.3 cm³/mol. The van der Waals surface area contributed by atoms with Crippen molar-refractivity contribution in [2.45, 2.75) is 77.5 Å². The molecule has 1 aliphatic rings. The molecule has 1 unspecified atom stereocenters. The molecule has 0 bridgehead atoms. The Hall–Kier alpha value is -0.870. The number of rotatable bonds is 9. The third kappa shape index (κ3) is 4.55. The molecule has 0 spiro atoms. The fourth-order valence-electron chi connectivity index (χ4n) is 3.37.